The molecule has 0 heterocycles. The summed E-state index contributed by atoms with van der Waals surface area (Å²) in [7, 11) is 0. The van der Waals surface area contributed by atoms with Gasteiger partial charge in [0.15, 0.2) is 0 Å². The molecule has 0 aliphatic rings. The van der Waals surface area contributed by atoms with Crippen molar-refractivity contribution in [2.24, 2.45) is 0 Å². The molecule has 0 aliphatic carbocycles. The summed E-state index contributed by atoms with van der Waals surface area (Å²) in [5.41, 5.74) is 0. The first-order valence-electron chi connectivity index (χ1n) is 3.43. The molecule has 0 aromatic heterocycles. The molecule has 0 saturated carbocycles. The van der Waals surface area contributed by atoms with Crippen molar-refractivity contribution < 1.29 is 9.13 Å². The molecule has 1 nitrogen and oxygen atoms in total. The summed E-state index contributed by atoms with van der Waals surface area (Å²) in [6, 6.07) is 3.99. The number of hydrogen-bond donors (Lipinski definition) is 0. The molecule has 0 N–H and O–H groups in total. The van der Waals surface area contributed by atoms with E-state index in [1.807, 2.05) is 0 Å². The standard InChI is InChI=1S/C9H8ClFO/c1-2-5-12-9-4-3-7(11)6-8(9)10/h2-4,6H,1,5H2. The van der Waals surface area contributed by atoms with Crippen molar-refractivity contribution in [1.82, 2.24) is 0 Å². The van der Waals surface area contributed by atoms with Crippen molar-refractivity contribution >= 4 is 11.6 Å². The molecule has 0 saturated heterocycles. The van der Waals surface area contributed by atoms with Crippen molar-refractivity contribution in [1.29, 1.82) is 0 Å². The third-order valence-electron chi connectivity index (χ3n) is 1.25. The second-order valence-corrected chi connectivity index (χ2v) is 2.58. The molecule has 1 rings (SSSR count). The first-order valence-corrected chi connectivity index (χ1v) is 3.80. The molecular weight excluding hydrogens is 179 g/mol. The van der Waals surface area contributed by atoms with Gasteiger partial charge in [-0.25, -0.2) is 4.39 Å². The topological polar surface area (TPSA) is 9.23 Å². The van der Waals surface area contributed by atoms with Crippen LogP contribution in [0.15, 0.2) is 30.9 Å². The van der Waals surface area contributed by atoms with Gasteiger partial charge in [-0.1, -0.05) is 24.3 Å². The summed E-state index contributed by atoms with van der Waals surface area (Å²) in [6.45, 7) is 3.85. The van der Waals surface area contributed by atoms with Gasteiger partial charge in [0, 0.05) is 0 Å². The predicted molar refractivity (Wildman–Crippen MR) is 47.1 cm³/mol. The van der Waals surface area contributed by atoms with E-state index in [9.17, 15) is 4.39 Å². The molecule has 0 bridgehead atoms. The Morgan fingerprint density at radius 2 is 2.33 bits per heavy atom. The van der Waals surface area contributed by atoms with E-state index in [4.69, 9.17) is 16.3 Å². The van der Waals surface area contributed by atoms with Crippen molar-refractivity contribution in [2.45, 2.75) is 0 Å². The van der Waals surface area contributed by atoms with Gasteiger partial charge >= 0.3 is 0 Å². The summed E-state index contributed by atoms with van der Waals surface area (Å²) in [5.74, 6) is 0.101. The van der Waals surface area contributed by atoms with E-state index in [0.717, 1.165) is 0 Å². The number of rotatable bonds is 3. The van der Waals surface area contributed by atoms with Crippen LogP contribution in [-0.4, -0.2) is 6.61 Å². The smallest absolute Gasteiger partial charge is 0.138 e. The number of benzene rings is 1. The van der Waals surface area contributed by atoms with E-state index in [-0.39, 0.29) is 10.8 Å². The van der Waals surface area contributed by atoms with Gasteiger partial charge < -0.3 is 4.74 Å². The molecule has 1 aromatic carbocycles. The third-order valence-corrected chi connectivity index (χ3v) is 1.55. The van der Waals surface area contributed by atoms with Crippen LogP contribution in [0.3, 0.4) is 0 Å². The highest BCUT2D eigenvalue weighted by Crippen LogP contribution is 2.24. The summed E-state index contributed by atoms with van der Waals surface area (Å²) in [4.78, 5) is 0. The summed E-state index contributed by atoms with van der Waals surface area (Å²) < 4.78 is 17.6. The van der Waals surface area contributed by atoms with Crippen LogP contribution in [0.2, 0.25) is 5.02 Å². The maximum Gasteiger partial charge on any atom is 0.138 e. The molecule has 0 amide bonds. The zero-order chi connectivity index (χ0) is 8.97. The first kappa shape index (κ1) is 9.07. The normalized spacial score (nSPS) is 9.50. The Kier molecular flexibility index (Phi) is 3.11. The van der Waals surface area contributed by atoms with Gasteiger partial charge in [0.2, 0.25) is 0 Å². The second kappa shape index (κ2) is 4.12. The zero-order valence-electron chi connectivity index (χ0n) is 6.39. The van der Waals surface area contributed by atoms with Crippen LogP contribution >= 0.6 is 11.6 Å². The van der Waals surface area contributed by atoms with Crippen molar-refractivity contribution in [3.8, 4) is 5.75 Å². The molecular formula is C9H8ClFO. The average Bonchev–Trinajstić information content (AvgIpc) is 2.03. The van der Waals surface area contributed by atoms with E-state index in [1.165, 1.54) is 18.2 Å². The Morgan fingerprint density at radius 1 is 1.58 bits per heavy atom. The lowest BCUT2D eigenvalue weighted by Gasteiger charge is -2.04. The fourth-order valence-electron chi connectivity index (χ4n) is 0.741. The fraction of sp³-hybridized carbons (Fsp3) is 0.111. The van der Waals surface area contributed by atoms with Gasteiger partial charge in [0.05, 0.1) is 5.02 Å². The zero-order valence-corrected chi connectivity index (χ0v) is 7.14. The molecule has 0 spiro atoms. The maximum absolute atomic E-state index is 12.5. The molecule has 1 aromatic rings. The molecule has 0 atom stereocenters. The number of halogens is 2. The van der Waals surface area contributed by atoms with Crippen molar-refractivity contribution in [3.63, 3.8) is 0 Å². The predicted octanol–water partition coefficient (Wildman–Crippen LogP) is 3.04. The maximum atomic E-state index is 12.5. The third kappa shape index (κ3) is 2.24. The lowest BCUT2D eigenvalue weighted by Crippen LogP contribution is -1.93. The van der Waals surface area contributed by atoms with E-state index < -0.39 is 0 Å². The Labute approximate surface area is 75.4 Å². The quantitative estimate of drug-likeness (QED) is 0.660. The molecule has 3 heteroatoms. The molecule has 0 radical (unpaired) electrons. The number of ether oxygens (including phenoxy) is 1. The Balaban J connectivity index is 2.78. The van der Waals surface area contributed by atoms with Crippen LogP contribution in [-0.2, 0) is 0 Å². The van der Waals surface area contributed by atoms with Crippen LogP contribution in [0, 0.1) is 5.82 Å². The number of hydrogen-bond acceptors (Lipinski definition) is 1. The lowest BCUT2D eigenvalue weighted by atomic mass is 10.3. The minimum absolute atomic E-state index is 0.275. The van der Waals surface area contributed by atoms with Gasteiger partial charge in [-0.15, -0.1) is 0 Å². The van der Waals surface area contributed by atoms with Crippen molar-refractivity contribution in [3.05, 3.63) is 41.7 Å². The Hall–Kier alpha value is -1.02. The average molecular weight is 187 g/mol. The summed E-state index contributed by atoms with van der Waals surface area (Å²) in [6.07, 6.45) is 1.60. The second-order valence-electron chi connectivity index (χ2n) is 2.17. The van der Waals surface area contributed by atoms with Crippen LogP contribution in [0.25, 0.3) is 0 Å². The van der Waals surface area contributed by atoms with Gasteiger partial charge in [0.25, 0.3) is 0 Å². The highest BCUT2D eigenvalue weighted by Gasteiger charge is 2.00. The Morgan fingerprint density at radius 3 is 2.92 bits per heavy atom. The van der Waals surface area contributed by atoms with Crippen LogP contribution in [0.4, 0.5) is 4.39 Å². The van der Waals surface area contributed by atoms with Crippen LogP contribution in [0.5, 0.6) is 5.75 Å². The molecule has 0 aliphatic heterocycles. The molecule has 64 valence electrons. The largest absolute Gasteiger partial charge is 0.488 e. The van der Waals surface area contributed by atoms with Gasteiger partial charge in [-0.2, -0.15) is 0 Å². The monoisotopic (exact) mass is 186 g/mol. The first-order chi connectivity index (χ1) is 5.74. The van der Waals surface area contributed by atoms with Crippen LogP contribution in [0.1, 0.15) is 0 Å². The summed E-state index contributed by atoms with van der Waals surface area (Å²) >= 11 is 5.67. The minimum atomic E-state index is -0.369. The SMILES string of the molecule is C=CCOc1ccc(F)cc1Cl. The van der Waals surface area contributed by atoms with Crippen LogP contribution < -0.4 is 4.74 Å². The lowest BCUT2D eigenvalue weighted by molar-refractivity contribution is 0.363. The van der Waals surface area contributed by atoms with Crippen molar-refractivity contribution in [2.75, 3.05) is 6.61 Å². The van der Waals surface area contributed by atoms with E-state index >= 15 is 0 Å². The fourth-order valence-corrected chi connectivity index (χ4v) is 0.963. The molecule has 0 unspecified atom stereocenters. The highest BCUT2D eigenvalue weighted by molar-refractivity contribution is 6.32. The van der Waals surface area contributed by atoms with E-state index in [2.05, 4.69) is 6.58 Å². The minimum Gasteiger partial charge on any atom is -0.488 e. The highest BCUT2D eigenvalue weighted by atomic mass is 35.5. The van der Waals surface area contributed by atoms with E-state index in [1.54, 1.807) is 6.08 Å². The molecule has 12 heavy (non-hydrogen) atoms. The van der Waals surface area contributed by atoms with E-state index in [0.29, 0.717) is 12.4 Å². The van der Waals surface area contributed by atoms with Gasteiger partial charge in [0.1, 0.15) is 18.2 Å². The molecule has 0 fully saturated rings. The van der Waals surface area contributed by atoms with Gasteiger partial charge in [-0.05, 0) is 18.2 Å². The summed E-state index contributed by atoms with van der Waals surface area (Å²) in [5, 5.41) is 0.275. The van der Waals surface area contributed by atoms with Gasteiger partial charge in [-0.3, -0.25) is 0 Å². The Bertz CT molecular complexity index is 286.